The number of carbonyl (C=O) groups is 1. The first kappa shape index (κ1) is 14.9. The maximum Gasteiger partial charge on any atom is 0.187 e. The number of thiol groups is 2. The lowest BCUT2D eigenvalue weighted by Crippen LogP contribution is -2.13. The topological polar surface area (TPSA) is 51.2 Å². The summed E-state index contributed by atoms with van der Waals surface area (Å²) in [5.74, 6) is 1.44. The van der Waals surface area contributed by atoms with Gasteiger partial charge in [-0.3, -0.25) is 14.5 Å². The molecule has 1 aromatic carbocycles. The second-order valence-electron chi connectivity index (χ2n) is 4.13. The Hall–Kier alpha value is -1.50. The molecule has 6 heteroatoms. The van der Waals surface area contributed by atoms with Gasteiger partial charge >= 0.3 is 0 Å². The van der Waals surface area contributed by atoms with Crippen molar-refractivity contribution in [2.24, 2.45) is 0 Å². The van der Waals surface area contributed by atoms with Crippen molar-refractivity contribution < 1.29 is 9.53 Å². The van der Waals surface area contributed by atoms with Gasteiger partial charge in [0.1, 0.15) is 11.5 Å². The summed E-state index contributed by atoms with van der Waals surface area (Å²) in [5, 5.41) is -0.186. The average Bonchev–Trinajstić information content (AvgIpc) is 2.46. The van der Waals surface area contributed by atoms with E-state index in [2.05, 4.69) is 35.1 Å². The number of nitrogens with zero attached hydrogens (tertiary/aromatic N) is 1. The molecule has 1 unspecified atom stereocenters. The highest BCUT2D eigenvalue weighted by atomic mass is 32.1. The van der Waals surface area contributed by atoms with E-state index in [0.717, 1.165) is 17.1 Å². The van der Waals surface area contributed by atoms with Gasteiger partial charge < -0.3 is 4.74 Å². The van der Waals surface area contributed by atoms with Crippen LogP contribution >= 0.6 is 25.4 Å². The second kappa shape index (κ2) is 7.33. The highest BCUT2D eigenvalue weighted by molar-refractivity contribution is 7.96. The molecule has 0 aliphatic heterocycles. The summed E-state index contributed by atoms with van der Waals surface area (Å²) in [5.41, 5.74) is 0.949. The number of carbonyl (C=O) groups excluding carboxylic acids is 1. The van der Waals surface area contributed by atoms with Crippen LogP contribution in [0, 0.1) is 0 Å². The number of ether oxygens (including phenoxy) is 1. The SMILES string of the molecule is O=C(S)CC(NS)c1ccc(Oc2ccncc2)cc1. The Morgan fingerprint density at radius 3 is 2.30 bits per heavy atom. The molecule has 1 N–H and O–H groups in total. The van der Waals surface area contributed by atoms with Gasteiger partial charge in [0, 0.05) is 24.9 Å². The lowest BCUT2D eigenvalue weighted by atomic mass is 10.1. The molecule has 0 saturated carbocycles. The van der Waals surface area contributed by atoms with Gasteiger partial charge in [0.2, 0.25) is 0 Å². The predicted molar refractivity (Wildman–Crippen MR) is 84.2 cm³/mol. The summed E-state index contributed by atoms with van der Waals surface area (Å²) in [7, 11) is 0. The standard InChI is InChI=1S/C14H14N2O2S2/c17-14(19)9-13(16-20)10-1-3-11(4-2-10)18-12-5-7-15-8-6-12/h1-8,13,16,20H,9H2,(H,17,19). The summed E-state index contributed by atoms with van der Waals surface area (Å²) >= 11 is 7.82. The third-order valence-corrected chi connectivity index (χ3v) is 3.20. The first-order valence-electron chi connectivity index (χ1n) is 5.98. The zero-order chi connectivity index (χ0) is 14.4. The van der Waals surface area contributed by atoms with Crippen molar-refractivity contribution in [2.45, 2.75) is 12.5 Å². The molecular formula is C14H14N2O2S2. The Morgan fingerprint density at radius 1 is 1.15 bits per heavy atom. The third kappa shape index (κ3) is 4.26. The van der Waals surface area contributed by atoms with Crippen LogP contribution in [0.25, 0.3) is 0 Å². The summed E-state index contributed by atoms with van der Waals surface area (Å²) in [6.07, 6.45) is 3.61. The molecule has 1 aromatic heterocycles. The number of benzene rings is 1. The minimum absolute atomic E-state index is 0.168. The number of pyridine rings is 1. The molecule has 1 heterocycles. The van der Waals surface area contributed by atoms with Crippen LogP contribution in [0.1, 0.15) is 18.0 Å². The average molecular weight is 306 g/mol. The number of nitrogens with one attached hydrogen (secondary N) is 1. The zero-order valence-corrected chi connectivity index (χ0v) is 12.4. The van der Waals surface area contributed by atoms with Gasteiger partial charge in [-0.05, 0) is 29.8 Å². The smallest absolute Gasteiger partial charge is 0.187 e. The third-order valence-electron chi connectivity index (χ3n) is 2.70. The molecule has 0 spiro atoms. The predicted octanol–water partition coefficient (Wildman–Crippen LogP) is 3.20. The van der Waals surface area contributed by atoms with Crippen molar-refractivity contribution in [2.75, 3.05) is 0 Å². The van der Waals surface area contributed by atoms with Crippen LogP contribution < -0.4 is 9.46 Å². The van der Waals surface area contributed by atoms with Crippen LogP contribution in [0.15, 0.2) is 48.8 Å². The molecule has 0 fully saturated rings. The number of rotatable bonds is 6. The number of hydrogen-bond acceptors (Lipinski definition) is 5. The Labute approximate surface area is 128 Å². The van der Waals surface area contributed by atoms with Crippen molar-refractivity contribution in [1.82, 2.24) is 9.71 Å². The molecule has 0 saturated heterocycles. The largest absolute Gasteiger partial charge is 0.457 e. The zero-order valence-electron chi connectivity index (χ0n) is 10.6. The summed E-state index contributed by atoms with van der Waals surface area (Å²) in [6.45, 7) is 0. The van der Waals surface area contributed by atoms with Crippen LogP contribution in [-0.2, 0) is 4.79 Å². The summed E-state index contributed by atoms with van der Waals surface area (Å²) in [6, 6.07) is 10.9. The van der Waals surface area contributed by atoms with Gasteiger partial charge in [-0.25, -0.2) is 0 Å². The quantitative estimate of drug-likeness (QED) is 0.717. The fourth-order valence-electron chi connectivity index (χ4n) is 1.72. The van der Waals surface area contributed by atoms with Crippen molar-refractivity contribution >= 4 is 30.6 Å². The van der Waals surface area contributed by atoms with Crippen LogP contribution in [0.2, 0.25) is 0 Å². The lowest BCUT2D eigenvalue weighted by molar-refractivity contribution is -0.111. The Kier molecular flexibility index (Phi) is 5.46. The first-order valence-corrected chi connectivity index (χ1v) is 6.87. The van der Waals surface area contributed by atoms with E-state index in [1.54, 1.807) is 24.5 Å². The molecule has 1 atom stereocenters. The van der Waals surface area contributed by atoms with Gasteiger partial charge in [-0.2, -0.15) is 0 Å². The second-order valence-corrected chi connectivity index (χ2v) is 4.89. The van der Waals surface area contributed by atoms with Crippen LogP contribution in [0.3, 0.4) is 0 Å². The van der Waals surface area contributed by atoms with Crippen LogP contribution in [0.5, 0.6) is 11.5 Å². The van der Waals surface area contributed by atoms with E-state index >= 15 is 0 Å². The van der Waals surface area contributed by atoms with E-state index in [9.17, 15) is 4.79 Å². The van der Waals surface area contributed by atoms with Crippen molar-refractivity contribution in [3.63, 3.8) is 0 Å². The highest BCUT2D eigenvalue weighted by Crippen LogP contribution is 2.24. The summed E-state index contributed by atoms with van der Waals surface area (Å²) in [4.78, 5) is 15.0. The maximum atomic E-state index is 11.1. The molecule has 20 heavy (non-hydrogen) atoms. The monoisotopic (exact) mass is 306 g/mol. The van der Waals surface area contributed by atoms with Gasteiger partial charge in [0.05, 0.1) is 0 Å². The van der Waals surface area contributed by atoms with E-state index in [4.69, 9.17) is 4.74 Å². The molecule has 0 amide bonds. The molecule has 2 aromatic rings. The molecule has 0 radical (unpaired) electrons. The normalized spacial score (nSPS) is 11.9. The van der Waals surface area contributed by atoms with Crippen LogP contribution in [0.4, 0.5) is 0 Å². The molecule has 4 nitrogen and oxygen atoms in total. The van der Waals surface area contributed by atoms with E-state index < -0.39 is 0 Å². The van der Waals surface area contributed by atoms with E-state index in [0.29, 0.717) is 0 Å². The molecular weight excluding hydrogens is 292 g/mol. The lowest BCUT2D eigenvalue weighted by Gasteiger charge is -2.14. The molecule has 2 rings (SSSR count). The van der Waals surface area contributed by atoms with Crippen molar-refractivity contribution in [3.8, 4) is 11.5 Å². The van der Waals surface area contributed by atoms with E-state index in [1.165, 1.54) is 0 Å². The van der Waals surface area contributed by atoms with Gasteiger partial charge in [0.25, 0.3) is 0 Å². The molecule has 104 valence electrons. The number of hydrogen-bond donors (Lipinski definition) is 3. The molecule has 0 aliphatic carbocycles. The molecule has 0 aliphatic rings. The van der Waals surface area contributed by atoms with Crippen molar-refractivity contribution in [1.29, 1.82) is 0 Å². The fourth-order valence-corrected chi connectivity index (χ4v) is 2.15. The van der Waals surface area contributed by atoms with Crippen molar-refractivity contribution in [3.05, 3.63) is 54.4 Å². The maximum absolute atomic E-state index is 11.1. The van der Waals surface area contributed by atoms with Crippen LogP contribution in [-0.4, -0.2) is 10.1 Å². The van der Waals surface area contributed by atoms with Gasteiger partial charge in [-0.1, -0.05) is 24.9 Å². The van der Waals surface area contributed by atoms with Gasteiger partial charge in [0.15, 0.2) is 5.12 Å². The minimum Gasteiger partial charge on any atom is -0.457 e. The minimum atomic E-state index is -0.186. The Bertz CT molecular complexity index is 561. The highest BCUT2D eigenvalue weighted by Gasteiger charge is 2.12. The Balaban J connectivity index is 2.07. The first-order chi connectivity index (χ1) is 9.69. The summed E-state index contributed by atoms with van der Waals surface area (Å²) < 4.78 is 8.46. The van der Waals surface area contributed by atoms with Gasteiger partial charge in [-0.15, -0.1) is 12.6 Å². The van der Waals surface area contributed by atoms with E-state index in [1.807, 2.05) is 24.3 Å². The van der Waals surface area contributed by atoms with E-state index in [-0.39, 0.29) is 17.6 Å². The fraction of sp³-hybridized carbons (Fsp3) is 0.143. The Morgan fingerprint density at radius 2 is 1.75 bits per heavy atom. The molecule has 0 bridgehead atoms. The number of aromatic nitrogens is 1.